The van der Waals surface area contributed by atoms with Crippen molar-refractivity contribution in [3.8, 4) is 5.75 Å². The lowest BCUT2D eigenvalue weighted by molar-refractivity contribution is -0.123. The maximum absolute atomic E-state index is 12.9. The van der Waals surface area contributed by atoms with Crippen LogP contribution in [0.15, 0.2) is 115 Å². The lowest BCUT2D eigenvalue weighted by atomic mass is 10.1. The van der Waals surface area contributed by atoms with Crippen molar-refractivity contribution in [2.45, 2.75) is 6.42 Å². The molecule has 0 saturated carbocycles. The molecule has 0 spiro atoms. The van der Waals surface area contributed by atoms with Crippen molar-refractivity contribution in [3.05, 3.63) is 126 Å². The summed E-state index contributed by atoms with van der Waals surface area (Å²) in [6.45, 7) is 0.226. The lowest BCUT2D eigenvalue weighted by Crippen LogP contribution is -2.30. The number of amides is 2. The standard InChI is InChI=1S/C31H26N2O4/c1-36-28-14-8-9-23(21-28)19-20-32-30(34)29(37-31(32)35)22-24-15-17-27(18-16-24)33(25-10-4-2-5-11-25)26-12-6-3-7-13-26/h2-18,21-22H,19-20H2,1H3/b29-22+. The number of nitrogens with zero attached hydrogens (tertiary/aromatic N) is 2. The molecule has 0 N–H and O–H groups in total. The van der Waals surface area contributed by atoms with Crippen LogP contribution in [0.3, 0.4) is 0 Å². The van der Waals surface area contributed by atoms with Crippen molar-refractivity contribution in [1.29, 1.82) is 0 Å². The summed E-state index contributed by atoms with van der Waals surface area (Å²) in [6.07, 6.45) is 1.45. The van der Waals surface area contributed by atoms with Crippen LogP contribution in [0.1, 0.15) is 11.1 Å². The Morgan fingerprint density at radius 2 is 1.41 bits per heavy atom. The molecular weight excluding hydrogens is 464 g/mol. The second-order valence-corrected chi connectivity index (χ2v) is 8.53. The largest absolute Gasteiger partial charge is 0.497 e. The monoisotopic (exact) mass is 490 g/mol. The normalized spacial score (nSPS) is 14.1. The number of hydrogen-bond acceptors (Lipinski definition) is 5. The molecule has 4 aromatic carbocycles. The zero-order chi connectivity index (χ0) is 25.6. The summed E-state index contributed by atoms with van der Waals surface area (Å²) in [5.74, 6) is 0.313. The molecule has 0 radical (unpaired) electrons. The molecule has 1 aliphatic rings. The first kappa shape index (κ1) is 23.9. The van der Waals surface area contributed by atoms with Gasteiger partial charge in [0.05, 0.1) is 7.11 Å². The van der Waals surface area contributed by atoms with Crippen molar-refractivity contribution in [2.75, 3.05) is 18.6 Å². The minimum atomic E-state index is -0.657. The summed E-state index contributed by atoms with van der Waals surface area (Å²) in [5, 5.41) is 0. The summed E-state index contributed by atoms with van der Waals surface area (Å²) in [7, 11) is 1.60. The van der Waals surface area contributed by atoms with Gasteiger partial charge in [-0.2, -0.15) is 0 Å². The van der Waals surface area contributed by atoms with Crippen LogP contribution in [-0.2, 0) is 16.0 Å². The van der Waals surface area contributed by atoms with Crippen molar-refractivity contribution in [2.24, 2.45) is 0 Å². The van der Waals surface area contributed by atoms with Gasteiger partial charge in [0.1, 0.15) is 5.75 Å². The molecule has 37 heavy (non-hydrogen) atoms. The van der Waals surface area contributed by atoms with Crippen LogP contribution in [0.5, 0.6) is 5.75 Å². The maximum atomic E-state index is 12.9. The van der Waals surface area contributed by atoms with Gasteiger partial charge in [0, 0.05) is 23.6 Å². The van der Waals surface area contributed by atoms with Crippen LogP contribution >= 0.6 is 0 Å². The third-order valence-electron chi connectivity index (χ3n) is 6.11. The van der Waals surface area contributed by atoms with Crippen LogP contribution in [-0.4, -0.2) is 30.6 Å². The van der Waals surface area contributed by atoms with E-state index in [1.807, 2.05) is 84.9 Å². The van der Waals surface area contributed by atoms with Gasteiger partial charge in [-0.15, -0.1) is 0 Å². The zero-order valence-corrected chi connectivity index (χ0v) is 20.4. The Kier molecular flexibility index (Phi) is 6.99. The topological polar surface area (TPSA) is 59.1 Å². The predicted octanol–water partition coefficient (Wildman–Crippen LogP) is 6.73. The first-order valence-corrected chi connectivity index (χ1v) is 12.0. The van der Waals surface area contributed by atoms with E-state index in [2.05, 4.69) is 29.2 Å². The smallest absolute Gasteiger partial charge is 0.422 e. The van der Waals surface area contributed by atoms with Gasteiger partial charge < -0.3 is 14.4 Å². The number of methoxy groups -OCH3 is 1. The number of carbonyl (C=O) groups is 2. The molecule has 0 atom stereocenters. The Morgan fingerprint density at radius 1 is 0.784 bits per heavy atom. The van der Waals surface area contributed by atoms with E-state index in [1.165, 1.54) is 0 Å². The van der Waals surface area contributed by atoms with E-state index in [4.69, 9.17) is 9.47 Å². The number of benzene rings is 4. The molecule has 1 heterocycles. The highest BCUT2D eigenvalue weighted by Crippen LogP contribution is 2.34. The quantitative estimate of drug-likeness (QED) is 0.256. The molecular formula is C31H26N2O4. The molecule has 5 rings (SSSR count). The predicted molar refractivity (Wildman–Crippen MR) is 144 cm³/mol. The van der Waals surface area contributed by atoms with Gasteiger partial charge in [-0.05, 0) is 72.2 Å². The van der Waals surface area contributed by atoms with Crippen molar-refractivity contribution in [3.63, 3.8) is 0 Å². The number of anilines is 3. The number of ether oxygens (including phenoxy) is 2. The fraction of sp³-hybridized carbons (Fsp3) is 0.0968. The van der Waals surface area contributed by atoms with Gasteiger partial charge in [-0.1, -0.05) is 60.7 Å². The average Bonchev–Trinajstić information content (AvgIpc) is 3.21. The summed E-state index contributed by atoms with van der Waals surface area (Å²) in [4.78, 5) is 28.6. The first-order valence-electron chi connectivity index (χ1n) is 12.0. The Labute approximate surface area is 216 Å². The van der Waals surface area contributed by atoms with E-state index >= 15 is 0 Å². The molecule has 0 aromatic heterocycles. The van der Waals surface area contributed by atoms with E-state index in [-0.39, 0.29) is 12.3 Å². The molecule has 1 aliphatic heterocycles. The fourth-order valence-electron chi connectivity index (χ4n) is 4.23. The van der Waals surface area contributed by atoms with E-state index in [1.54, 1.807) is 13.2 Å². The van der Waals surface area contributed by atoms with Gasteiger partial charge in [0.25, 0.3) is 5.91 Å². The molecule has 0 unspecified atom stereocenters. The van der Waals surface area contributed by atoms with Gasteiger partial charge in [0.15, 0.2) is 5.76 Å². The highest BCUT2D eigenvalue weighted by Gasteiger charge is 2.36. The SMILES string of the molecule is COc1cccc(CCN2C(=O)O/C(=C/c3ccc(N(c4ccccc4)c4ccccc4)cc3)C2=O)c1. The number of hydrogen-bond donors (Lipinski definition) is 0. The second kappa shape index (κ2) is 10.8. The molecule has 6 nitrogen and oxygen atoms in total. The summed E-state index contributed by atoms with van der Waals surface area (Å²) in [6, 6.07) is 35.5. The molecule has 1 fully saturated rings. The molecule has 1 saturated heterocycles. The van der Waals surface area contributed by atoms with E-state index in [0.717, 1.165) is 38.8 Å². The minimum Gasteiger partial charge on any atom is -0.497 e. The van der Waals surface area contributed by atoms with Gasteiger partial charge in [-0.3, -0.25) is 4.79 Å². The van der Waals surface area contributed by atoms with Gasteiger partial charge in [0.2, 0.25) is 0 Å². The van der Waals surface area contributed by atoms with Crippen LogP contribution in [0.4, 0.5) is 21.9 Å². The highest BCUT2D eigenvalue weighted by atomic mass is 16.6. The molecule has 184 valence electrons. The van der Waals surface area contributed by atoms with Crippen molar-refractivity contribution >= 4 is 35.1 Å². The van der Waals surface area contributed by atoms with Crippen LogP contribution in [0, 0.1) is 0 Å². The Bertz CT molecular complexity index is 1380. The third kappa shape index (κ3) is 5.38. The molecule has 0 aliphatic carbocycles. The Hall–Kier alpha value is -4.84. The molecule has 4 aromatic rings. The van der Waals surface area contributed by atoms with E-state index in [0.29, 0.717) is 6.42 Å². The van der Waals surface area contributed by atoms with E-state index < -0.39 is 12.0 Å². The van der Waals surface area contributed by atoms with Crippen LogP contribution in [0.25, 0.3) is 6.08 Å². The van der Waals surface area contributed by atoms with Gasteiger partial charge in [-0.25, -0.2) is 9.69 Å². The van der Waals surface area contributed by atoms with Crippen molar-refractivity contribution in [1.82, 2.24) is 4.90 Å². The van der Waals surface area contributed by atoms with Crippen LogP contribution < -0.4 is 9.64 Å². The highest BCUT2D eigenvalue weighted by molar-refractivity contribution is 6.09. The Balaban J connectivity index is 1.33. The number of rotatable bonds is 8. The molecule has 0 bridgehead atoms. The molecule has 6 heteroatoms. The molecule has 2 amide bonds. The minimum absolute atomic E-state index is 0.0198. The number of para-hydroxylation sites is 2. The first-order chi connectivity index (χ1) is 18.1. The van der Waals surface area contributed by atoms with Gasteiger partial charge >= 0.3 is 6.09 Å². The van der Waals surface area contributed by atoms with Crippen molar-refractivity contribution < 1.29 is 19.1 Å². The fourth-order valence-corrected chi connectivity index (χ4v) is 4.23. The number of imide groups is 1. The number of cyclic esters (lactones) is 1. The van der Waals surface area contributed by atoms with Crippen LogP contribution in [0.2, 0.25) is 0 Å². The average molecular weight is 491 g/mol. The Morgan fingerprint density at radius 3 is 2.03 bits per heavy atom. The summed E-state index contributed by atoms with van der Waals surface area (Å²) in [5.41, 5.74) is 4.76. The van der Waals surface area contributed by atoms with E-state index in [9.17, 15) is 9.59 Å². The zero-order valence-electron chi connectivity index (χ0n) is 20.4. The summed E-state index contributed by atoms with van der Waals surface area (Å²) < 4.78 is 10.5. The number of carbonyl (C=O) groups excluding carboxylic acids is 2. The maximum Gasteiger partial charge on any atom is 0.422 e. The summed E-state index contributed by atoms with van der Waals surface area (Å²) >= 11 is 0. The second-order valence-electron chi connectivity index (χ2n) is 8.53. The third-order valence-corrected chi connectivity index (χ3v) is 6.11. The lowest BCUT2D eigenvalue weighted by Gasteiger charge is -2.25.